The molecule has 12 heteroatoms. The summed E-state index contributed by atoms with van der Waals surface area (Å²) in [5.41, 5.74) is 2.58. The number of hydrogen-bond donors (Lipinski definition) is 1. The van der Waals surface area contributed by atoms with Gasteiger partial charge in [0, 0.05) is 49.5 Å². The lowest BCUT2D eigenvalue weighted by Gasteiger charge is -2.44. The number of aromatic nitrogens is 3. The van der Waals surface area contributed by atoms with Gasteiger partial charge in [-0.05, 0) is 43.3 Å². The third kappa shape index (κ3) is 6.36. The van der Waals surface area contributed by atoms with Crippen molar-refractivity contribution in [1.29, 1.82) is 0 Å². The molecule has 1 saturated heterocycles. The van der Waals surface area contributed by atoms with E-state index in [9.17, 15) is 14.7 Å². The van der Waals surface area contributed by atoms with Crippen molar-refractivity contribution in [2.45, 2.75) is 76.2 Å². The molecule has 0 saturated carbocycles. The Kier molecular flexibility index (Phi) is 9.00. The van der Waals surface area contributed by atoms with E-state index in [4.69, 9.17) is 14.2 Å². The molecule has 3 unspecified atom stereocenters. The second-order valence-corrected chi connectivity index (χ2v) is 15.7. The number of esters is 1. The molecule has 1 fully saturated rings. The Balaban J connectivity index is 1.35. The van der Waals surface area contributed by atoms with E-state index >= 15 is 4.11 Å². The van der Waals surface area contributed by atoms with Crippen molar-refractivity contribution >= 4 is 26.0 Å². The summed E-state index contributed by atoms with van der Waals surface area (Å²) in [4.78, 5) is 25.3. The van der Waals surface area contributed by atoms with Crippen molar-refractivity contribution in [2.75, 3.05) is 18.6 Å². The zero-order valence-corrected chi connectivity index (χ0v) is 26.1. The van der Waals surface area contributed by atoms with Gasteiger partial charge in [0.05, 0.1) is 30.7 Å². The minimum atomic E-state index is -3.25. The molecular formula is C31H39FN4O6Si. The second-order valence-electron chi connectivity index (χ2n) is 11.9. The molecule has 2 aliphatic rings. The number of nitrogens with zero attached hydrogens (tertiary/aromatic N) is 4. The predicted octanol–water partition coefficient (Wildman–Crippen LogP) is 4.75. The number of amides is 1. The van der Waals surface area contributed by atoms with Gasteiger partial charge in [0.25, 0.3) is 0 Å². The molecule has 43 heavy (non-hydrogen) atoms. The number of methoxy groups -OCH3 is 1. The number of halogens is 1. The van der Waals surface area contributed by atoms with E-state index in [0.29, 0.717) is 30.1 Å². The molecule has 3 heterocycles. The molecule has 6 atom stereocenters. The molecule has 1 aromatic heterocycles. The lowest BCUT2D eigenvalue weighted by atomic mass is 9.86. The molecule has 0 bridgehead atoms. The first-order chi connectivity index (χ1) is 20.5. The van der Waals surface area contributed by atoms with E-state index in [0.717, 1.165) is 11.1 Å². The van der Waals surface area contributed by atoms with Crippen LogP contribution in [0.15, 0.2) is 54.7 Å². The number of aliphatic hydroxyl groups is 1. The summed E-state index contributed by atoms with van der Waals surface area (Å²) >= 11 is 0. The lowest BCUT2D eigenvalue weighted by Crippen LogP contribution is -2.55. The Morgan fingerprint density at radius 1 is 1.23 bits per heavy atom. The van der Waals surface area contributed by atoms with E-state index in [-0.39, 0.29) is 36.3 Å². The summed E-state index contributed by atoms with van der Waals surface area (Å²) < 4.78 is 35.5. The van der Waals surface area contributed by atoms with Gasteiger partial charge < -0.3 is 23.4 Å². The maximum Gasteiger partial charge on any atom is 0.304 e. The van der Waals surface area contributed by atoms with Crippen LogP contribution in [0.4, 0.5) is 9.80 Å². The quantitative estimate of drug-likeness (QED) is 0.143. The van der Waals surface area contributed by atoms with Gasteiger partial charge in [-0.25, -0.2) is 0 Å². The Labute approximate surface area is 251 Å². The van der Waals surface area contributed by atoms with E-state index in [1.54, 1.807) is 37.0 Å². The average Bonchev–Trinajstić information content (AvgIpc) is 3.41. The zero-order chi connectivity index (χ0) is 30.9. The molecule has 0 radical (unpaired) electrons. The summed E-state index contributed by atoms with van der Waals surface area (Å²) in [6, 6.07) is 15.0. The van der Waals surface area contributed by atoms with Gasteiger partial charge in [-0.15, -0.1) is 5.10 Å². The summed E-state index contributed by atoms with van der Waals surface area (Å²) in [5.74, 6) is -0.501. The monoisotopic (exact) mass is 610 g/mol. The highest BCUT2D eigenvalue weighted by atomic mass is 28.4. The fraction of sp³-hybridized carbons (Fsp3) is 0.484. The number of carbonyl (C=O) groups is 2. The number of aryl methyl sites for hydroxylation is 1. The van der Waals surface area contributed by atoms with Gasteiger partial charge in [0.1, 0.15) is 11.9 Å². The van der Waals surface area contributed by atoms with Crippen LogP contribution in [-0.2, 0) is 25.6 Å². The number of ether oxygens (including phenoxy) is 3. The highest BCUT2D eigenvalue weighted by Gasteiger charge is 2.48. The van der Waals surface area contributed by atoms with Crippen LogP contribution in [0.2, 0.25) is 18.6 Å². The van der Waals surface area contributed by atoms with Crippen molar-refractivity contribution in [2.24, 2.45) is 5.92 Å². The van der Waals surface area contributed by atoms with Crippen LogP contribution in [0.5, 0.6) is 5.75 Å². The van der Waals surface area contributed by atoms with Crippen LogP contribution in [0, 0.1) is 5.92 Å². The van der Waals surface area contributed by atoms with E-state index in [1.807, 2.05) is 49.5 Å². The fourth-order valence-electron chi connectivity index (χ4n) is 6.31. The van der Waals surface area contributed by atoms with E-state index < -0.39 is 32.8 Å². The number of carbonyl (C=O) groups excluding carboxylic acids is 2. The van der Waals surface area contributed by atoms with Gasteiger partial charge in [-0.1, -0.05) is 42.5 Å². The molecule has 5 rings (SSSR count). The van der Waals surface area contributed by atoms with Gasteiger partial charge >= 0.3 is 5.97 Å². The normalized spacial score (nSPS) is 23.1. The van der Waals surface area contributed by atoms with Crippen LogP contribution < -0.4 is 9.64 Å². The minimum absolute atomic E-state index is 0.0982. The number of fused-ring (bicyclic) bond motifs is 1. The van der Waals surface area contributed by atoms with Crippen molar-refractivity contribution in [3.8, 4) is 5.75 Å². The molecule has 1 amide bonds. The largest absolute Gasteiger partial charge is 0.490 e. The van der Waals surface area contributed by atoms with Crippen molar-refractivity contribution in [3.05, 3.63) is 71.5 Å². The molecule has 230 valence electrons. The standard InChI is InChI=1S/C31H39FN4O6Si/c1-19-30(40-3)23-15-22(36-28(39)16-29(36)41-20(2)38)11-12-26(23)42-31(19)27(43(4,5)32)13-14-35-17-25(33-34-35)24(18-37)21-9-7-6-8-10-21/h6-12,15,17,19,24,27,29-31,37H,13-14,16,18H2,1-5H3/t19-,24?,27?,29?,30-,31-/m0/s1. The Bertz CT molecular complexity index is 1450. The molecule has 2 aliphatic heterocycles. The summed E-state index contributed by atoms with van der Waals surface area (Å²) in [5, 5.41) is 18.6. The summed E-state index contributed by atoms with van der Waals surface area (Å²) in [7, 11) is -1.63. The van der Waals surface area contributed by atoms with Crippen LogP contribution in [0.1, 0.15) is 55.5 Å². The summed E-state index contributed by atoms with van der Waals surface area (Å²) in [6.07, 6.45) is 0.949. The summed E-state index contributed by atoms with van der Waals surface area (Å²) in [6.45, 7) is 7.05. The Morgan fingerprint density at radius 3 is 2.60 bits per heavy atom. The number of anilines is 1. The number of aliphatic hydroxyl groups excluding tert-OH is 1. The van der Waals surface area contributed by atoms with Gasteiger partial charge in [0.15, 0.2) is 6.23 Å². The fourth-order valence-corrected chi connectivity index (χ4v) is 8.27. The van der Waals surface area contributed by atoms with Crippen molar-refractivity contribution < 1.29 is 33.0 Å². The van der Waals surface area contributed by atoms with Crippen LogP contribution in [0.25, 0.3) is 0 Å². The first-order valence-electron chi connectivity index (χ1n) is 14.6. The molecule has 10 nitrogen and oxygen atoms in total. The van der Waals surface area contributed by atoms with E-state index in [1.165, 1.54) is 11.8 Å². The maximum absolute atomic E-state index is 16.0. The van der Waals surface area contributed by atoms with Crippen molar-refractivity contribution in [1.82, 2.24) is 15.0 Å². The smallest absolute Gasteiger partial charge is 0.304 e. The van der Waals surface area contributed by atoms with Crippen LogP contribution in [0.3, 0.4) is 0 Å². The third-order valence-electron chi connectivity index (χ3n) is 8.54. The lowest BCUT2D eigenvalue weighted by molar-refractivity contribution is -0.153. The minimum Gasteiger partial charge on any atom is -0.490 e. The highest BCUT2D eigenvalue weighted by Crippen LogP contribution is 2.48. The molecule has 1 N–H and O–H groups in total. The number of β-lactam (4-membered cyclic amide) rings is 1. The number of hydrogen-bond acceptors (Lipinski definition) is 8. The van der Waals surface area contributed by atoms with E-state index in [2.05, 4.69) is 10.3 Å². The second kappa shape index (κ2) is 12.5. The zero-order valence-electron chi connectivity index (χ0n) is 25.1. The van der Waals surface area contributed by atoms with Gasteiger partial charge in [-0.3, -0.25) is 19.2 Å². The molecule has 3 aromatic rings. The molecular weight excluding hydrogens is 571 g/mol. The number of rotatable bonds is 11. The topological polar surface area (TPSA) is 116 Å². The SMILES string of the molecule is CO[C@@H]1c2cc(N3C(=O)CC3OC(C)=O)ccc2O[C@H](C(CCn2cc(C(CO)c3ccccc3)nn2)[Si](C)(C)F)[C@H]1C. The molecule has 0 aliphatic carbocycles. The Morgan fingerprint density at radius 2 is 1.98 bits per heavy atom. The van der Waals surface area contributed by atoms with Crippen LogP contribution in [-0.4, -0.2) is 66.4 Å². The van der Waals surface area contributed by atoms with Crippen molar-refractivity contribution in [3.63, 3.8) is 0 Å². The molecule has 2 aromatic carbocycles. The Hall–Kier alpha value is -3.61. The first kappa shape index (κ1) is 30.8. The van der Waals surface area contributed by atoms with Gasteiger partial charge in [-0.2, -0.15) is 0 Å². The first-order valence-corrected chi connectivity index (χ1v) is 17.5. The highest BCUT2D eigenvalue weighted by molar-refractivity contribution is 6.72. The van der Waals surface area contributed by atoms with Crippen LogP contribution >= 0.6 is 0 Å². The number of benzene rings is 2. The maximum atomic E-state index is 16.0. The predicted molar refractivity (Wildman–Crippen MR) is 160 cm³/mol. The third-order valence-corrected chi connectivity index (χ3v) is 10.9. The molecule has 0 spiro atoms. The average molecular weight is 611 g/mol. The van der Waals surface area contributed by atoms with Gasteiger partial charge in [0.2, 0.25) is 14.3 Å².